The topological polar surface area (TPSA) is 12.2 Å². The summed E-state index contributed by atoms with van der Waals surface area (Å²) < 4.78 is 6.92. The third-order valence-electron chi connectivity index (χ3n) is 0.959. The molecule has 0 fully saturated rings. The molecule has 0 amide bonds. The van der Waals surface area contributed by atoms with Crippen molar-refractivity contribution in [3.63, 3.8) is 0 Å². The third-order valence-corrected chi connectivity index (χ3v) is 0.959. The first kappa shape index (κ1) is 8.21. The highest BCUT2D eigenvalue weighted by molar-refractivity contribution is 5.82. The van der Waals surface area contributed by atoms with Crippen molar-refractivity contribution in [3.05, 3.63) is 12.2 Å². The Morgan fingerprint density at radius 1 is 1.44 bits per heavy atom. The van der Waals surface area contributed by atoms with Crippen molar-refractivity contribution < 1.29 is 9.31 Å². The summed E-state index contributed by atoms with van der Waals surface area (Å²) in [6.07, 6.45) is 3.86. The van der Waals surface area contributed by atoms with Gasteiger partial charge in [0.1, 0.15) is 14.1 Å². The van der Waals surface area contributed by atoms with Crippen LogP contribution in [0.5, 0.6) is 0 Å². The van der Waals surface area contributed by atoms with Gasteiger partial charge in [-0.05, 0) is 6.92 Å². The van der Waals surface area contributed by atoms with E-state index >= 15 is 0 Å². The fraction of sp³-hybridized carbons (Fsp3) is 0.571. The van der Waals surface area contributed by atoms with Gasteiger partial charge < -0.3 is 4.74 Å². The Labute approximate surface area is 56.5 Å². The molecule has 2 nitrogen and oxygen atoms in total. The van der Waals surface area contributed by atoms with Gasteiger partial charge in [-0.25, -0.2) is 4.58 Å². The lowest BCUT2D eigenvalue weighted by Gasteiger charge is -1.93. The van der Waals surface area contributed by atoms with Gasteiger partial charge >= 0.3 is 5.90 Å². The van der Waals surface area contributed by atoms with Gasteiger partial charge in [-0.15, -0.1) is 0 Å². The summed E-state index contributed by atoms with van der Waals surface area (Å²) in [4.78, 5) is 0. The van der Waals surface area contributed by atoms with Crippen LogP contribution in [-0.2, 0) is 4.74 Å². The van der Waals surface area contributed by atoms with E-state index in [1.807, 2.05) is 37.7 Å². The molecular formula is C7H14NO+. The molecule has 0 aromatic carbocycles. The number of nitrogens with zero attached hydrogens (tertiary/aromatic N) is 1. The first-order valence-electron chi connectivity index (χ1n) is 2.93. The van der Waals surface area contributed by atoms with E-state index in [1.54, 1.807) is 7.11 Å². The van der Waals surface area contributed by atoms with E-state index in [1.165, 1.54) is 0 Å². The number of hydrogen-bond acceptors (Lipinski definition) is 1. The van der Waals surface area contributed by atoms with Gasteiger partial charge in [0, 0.05) is 6.08 Å². The first-order chi connectivity index (χ1) is 4.22. The molecule has 0 radical (unpaired) electrons. The first-order valence-corrected chi connectivity index (χ1v) is 2.93. The Kier molecular flexibility index (Phi) is 3.76. The maximum Gasteiger partial charge on any atom is 0.361 e. The molecule has 0 bridgehead atoms. The Hall–Kier alpha value is -0.790. The van der Waals surface area contributed by atoms with E-state index in [-0.39, 0.29) is 0 Å². The molecule has 0 aromatic rings. The lowest BCUT2D eigenvalue weighted by molar-refractivity contribution is -0.472. The fourth-order valence-electron chi connectivity index (χ4n) is 0.542. The molecule has 0 aromatic heterocycles. The summed E-state index contributed by atoms with van der Waals surface area (Å²) in [6.45, 7) is 1.96. The van der Waals surface area contributed by atoms with Crippen LogP contribution in [0.1, 0.15) is 6.92 Å². The van der Waals surface area contributed by atoms with Crippen molar-refractivity contribution in [1.82, 2.24) is 0 Å². The van der Waals surface area contributed by atoms with E-state index in [9.17, 15) is 0 Å². The van der Waals surface area contributed by atoms with Crippen LogP contribution in [0.15, 0.2) is 12.2 Å². The number of hydrogen-bond donors (Lipinski definition) is 0. The predicted molar refractivity (Wildman–Crippen MR) is 38.9 cm³/mol. The molecule has 0 heterocycles. The van der Waals surface area contributed by atoms with Crippen LogP contribution < -0.4 is 0 Å². The summed E-state index contributed by atoms with van der Waals surface area (Å²) in [5.41, 5.74) is 0. The fourth-order valence-corrected chi connectivity index (χ4v) is 0.542. The van der Waals surface area contributed by atoms with E-state index in [4.69, 9.17) is 4.74 Å². The molecule has 0 spiro atoms. The maximum atomic E-state index is 5.01. The molecule has 9 heavy (non-hydrogen) atoms. The summed E-state index contributed by atoms with van der Waals surface area (Å²) in [5.74, 6) is 0.873. The van der Waals surface area contributed by atoms with Gasteiger partial charge in [0.15, 0.2) is 0 Å². The summed E-state index contributed by atoms with van der Waals surface area (Å²) in [7, 11) is 5.55. The molecule has 52 valence electrons. The van der Waals surface area contributed by atoms with Crippen LogP contribution >= 0.6 is 0 Å². The summed E-state index contributed by atoms with van der Waals surface area (Å²) in [5, 5.41) is 0. The molecular weight excluding hydrogens is 114 g/mol. The van der Waals surface area contributed by atoms with Gasteiger partial charge in [0.05, 0.1) is 7.11 Å². The van der Waals surface area contributed by atoms with Gasteiger partial charge in [-0.1, -0.05) is 6.08 Å². The zero-order valence-electron chi connectivity index (χ0n) is 6.51. The minimum Gasteiger partial charge on any atom is -0.448 e. The van der Waals surface area contributed by atoms with E-state index in [0.717, 1.165) is 5.90 Å². The van der Waals surface area contributed by atoms with Gasteiger partial charge in [-0.2, -0.15) is 0 Å². The molecule has 0 rings (SSSR count). The standard InChI is InChI=1S/C7H14NO/c1-5-6-7(9-4)8(2)3/h5-6H,1-4H3/q+1/b6-5-. The second kappa shape index (κ2) is 4.13. The minimum absolute atomic E-state index is 0.873. The Morgan fingerprint density at radius 2 is 2.00 bits per heavy atom. The zero-order chi connectivity index (χ0) is 7.28. The number of rotatable bonds is 1. The molecule has 0 atom stereocenters. The van der Waals surface area contributed by atoms with E-state index < -0.39 is 0 Å². The van der Waals surface area contributed by atoms with Crippen molar-refractivity contribution in [3.8, 4) is 0 Å². The van der Waals surface area contributed by atoms with Gasteiger partial charge in [0.25, 0.3) is 0 Å². The zero-order valence-corrected chi connectivity index (χ0v) is 6.51. The lowest BCUT2D eigenvalue weighted by atomic mass is 10.5. The van der Waals surface area contributed by atoms with Crippen molar-refractivity contribution >= 4 is 5.90 Å². The quantitative estimate of drug-likeness (QED) is 0.290. The Bertz CT molecular complexity index is 132. The Balaban J connectivity index is 4.16. The normalized spacial score (nSPS) is 9.78. The molecule has 0 saturated carbocycles. The molecule has 0 N–H and O–H groups in total. The molecule has 0 aliphatic rings. The predicted octanol–water partition coefficient (Wildman–Crippen LogP) is 0.880. The summed E-state index contributed by atoms with van der Waals surface area (Å²) >= 11 is 0. The number of allylic oxidation sites excluding steroid dienone is 1. The largest absolute Gasteiger partial charge is 0.448 e. The molecule has 0 aliphatic heterocycles. The monoisotopic (exact) mass is 128 g/mol. The minimum atomic E-state index is 0.873. The van der Waals surface area contributed by atoms with E-state index in [2.05, 4.69) is 0 Å². The molecule has 0 saturated heterocycles. The van der Waals surface area contributed by atoms with E-state index in [0.29, 0.717) is 0 Å². The highest BCUT2D eigenvalue weighted by atomic mass is 16.5. The average Bonchev–Trinajstić information content (AvgIpc) is 1.82. The second-order valence-corrected chi connectivity index (χ2v) is 1.94. The van der Waals surface area contributed by atoms with Crippen molar-refractivity contribution in [2.24, 2.45) is 0 Å². The molecule has 2 heteroatoms. The van der Waals surface area contributed by atoms with Crippen molar-refractivity contribution in [2.75, 3.05) is 21.2 Å². The van der Waals surface area contributed by atoms with Crippen molar-refractivity contribution in [1.29, 1.82) is 0 Å². The number of methoxy groups -OCH3 is 1. The highest BCUT2D eigenvalue weighted by Crippen LogP contribution is 1.79. The van der Waals surface area contributed by atoms with Gasteiger partial charge in [0.2, 0.25) is 0 Å². The average molecular weight is 128 g/mol. The SMILES string of the molecule is C/C=C\C(OC)=[N+](C)C. The Morgan fingerprint density at radius 3 is 2.11 bits per heavy atom. The van der Waals surface area contributed by atoms with Gasteiger partial charge in [-0.3, -0.25) is 0 Å². The van der Waals surface area contributed by atoms with Crippen LogP contribution in [0.2, 0.25) is 0 Å². The molecule has 0 unspecified atom stereocenters. The van der Waals surface area contributed by atoms with Crippen LogP contribution in [-0.4, -0.2) is 31.7 Å². The number of ether oxygens (including phenoxy) is 1. The highest BCUT2D eigenvalue weighted by Gasteiger charge is 1.98. The van der Waals surface area contributed by atoms with Crippen LogP contribution in [0.4, 0.5) is 0 Å². The third kappa shape index (κ3) is 2.90. The molecule has 0 aliphatic carbocycles. The van der Waals surface area contributed by atoms with Crippen molar-refractivity contribution in [2.45, 2.75) is 6.92 Å². The maximum absolute atomic E-state index is 5.01. The van der Waals surface area contributed by atoms with Crippen LogP contribution in [0.3, 0.4) is 0 Å². The second-order valence-electron chi connectivity index (χ2n) is 1.94. The van der Waals surface area contributed by atoms with Crippen LogP contribution in [0, 0.1) is 0 Å². The summed E-state index contributed by atoms with van der Waals surface area (Å²) in [6, 6.07) is 0. The smallest absolute Gasteiger partial charge is 0.361 e. The lowest BCUT2D eigenvalue weighted by Crippen LogP contribution is -2.12. The van der Waals surface area contributed by atoms with Crippen LogP contribution in [0.25, 0.3) is 0 Å².